The summed E-state index contributed by atoms with van der Waals surface area (Å²) in [7, 11) is 0. The number of hydrogen-bond donors (Lipinski definition) is 1. The average molecular weight is 363 g/mol. The van der Waals surface area contributed by atoms with Crippen molar-refractivity contribution in [3.05, 3.63) is 41.4 Å². The third-order valence-electron chi connectivity index (χ3n) is 4.84. The van der Waals surface area contributed by atoms with Crippen LogP contribution in [0.25, 0.3) is 10.4 Å². The Hall–Kier alpha value is -1.56. The fourth-order valence-electron chi connectivity index (χ4n) is 3.57. The molecular formula is C18H19ClN2O2S. The third kappa shape index (κ3) is 3.43. The zero-order valence-electron chi connectivity index (χ0n) is 13.2. The number of thiophene rings is 1. The summed E-state index contributed by atoms with van der Waals surface area (Å²) in [5.74, 6) is 0.591. The van der Waals surface area contributed by atoms with E-state index >= 15 is 0 Å². The highest BCUT2D eigenvalue weighted by Crippen LogP contribution is 2.34. The summed E-state index contributed by atoms with van der Waals surface area (Å²) in [6, 6.07) is 11.7. The van der Waals surface area contributed by atoms with E-state index in [4.69, 9.17) is 16.3 Å². The van der Waals surface area contributed by atoms with Gasteiger partial charge in [0.25, 0.3) is 0 Å². The first-order chi connectivity index (χ1) is 11.7. The molecule has 1 aromatic carbocycles. The SMILES string of the molecule is O=C(N[C@H]1CN2CCC1CC2)Oc1ccc(-c2cccc(Cl)c2)s1. The molecule has 1 N–H and O–H groups in total. The number of carbonyl (C=O) groups is 1. The van der Waals surface area contributed by atoms with Crippen molar-refractivity contribution in [1.29, 1.82) is 0 Å². The van der Waals surface area contributed by atoms with Gasteiger partial charge in [0.1, 0.15) is 0 Å². The van der Waals surface area contributed by atoms with Gasteiger partial charge in [-0.3, -0.25) is 0 Å². The first-order valence-electron chi connectivity index (χ1n) is 8.24. The number of amides is 1. The van der Waals surface area contributed by atoms with Crippen LogP contribution in [0.1, 0.15) is 12.8 Å². The number of nitrogens with zero attached hydrogens (tertiary/aromatic N) is 1. The molecular weight excluding hydrogens is 344 g/mol. The molecule has 2 bridgehead atoms. The lowest BCUT2D eigenvalue weighted by Gasteiger charge is -2.44. The number of piperidine rings is 3. The molecule has 0 radical (unpaired) electrons. The minimum Gasteiger partial charge on any atom is -0.399 e. The van der Waals surface area contributed by atoms with Gasteiger partial charge in [0, 0.05) is 22.5 Å². The summed E-state index contributed by atoms with van der Waals surface area (Å²) in [6.07, 6.45) is 1.99. The molecule has 2 aromatic rings. The summed E-state index contributed by atoms with van der Waals surface area (Å²) >= 11 is 7.48. The number of carbonyl (C=O) groups excluding carboxylic acids is 1. The lowest BCUT2D eigenvalue weighted by atomic mass is 9.84. The van der Waals surface area contributed by atoms with Gasteiger partial charge in [-0.15, -0.1) is 0 Å². The average Bonchev–Trinajstić information content (AvgIpc) is 3.04. The Morgan fingerprint density at radius 1 is 1.25 bits per heavy atom. The maximum absolute atomic E-state index is 12.2. The summed E-state index contributed by atoms with van der Waals surface area (Å²) in [5, 5.41) is 4.34. The van der Waals surface area contributed by atoms with Crippen molar-refractivity contribution in [1.82, 2.24) is 10.2 Å². The number of halogens is 1. The molecule has 3 fully saturated rings. The molecule has 1 aromatic heterocycles. The van der Waals surface area contributed by atoms with E-state index in [1.807, 2.05) is 36.4 Å². The number of benzene rings is 1. The second-order valence-electron chi connectivity index (χ2n) is 6.41. The van der Waals surface area contributed by atoms with Crippen molar-refractivity contribution in [3.63, 3.8) is 0 Å². The number of hydrogen-bond acceptors (Lipinski definition) is 4. The summed E-state index contributed by atoms with van der Waals surface area (Å²) < 4.78 is 5.47. The van der Waals surface area contributed by atoms with Gasteiger partial charge in [-0.2, -0.15) is 0 Å². The number of fused-ring (bicyclic) bond motifs is 3. The summed E-state index contributed by atoms with van der Waals surface area (Å²) in [6.45, 7) is 3.26. The van der Waals surface area contributed by atoms with Crippen molar-refractivity contribution in [2.24, 2.45) is 5.92 Å². The maximum Gasteiger partial charge on any atom is 0.413 e. The van der Waals surface area contributed by atoms with Crippen molar-refractivity contribution >= 4 is 29.0 Å². The Balaban J connectivity index is 1.38. The first kappa shape index (κ1) is 15.9. The van der Waals surface area contributed by atoms with E-state index in [0.29, 0.717) is 16.0 Å². The molecule has 24 heavy (non-hydrogen) atoms. The van der Waals surface area contributed by atoms with E-state index in [-0.39, 0.29) is 12.1 Å². The Morgan fingerprint density at radius 2 is 2.08 bits per heavy atom. The highest BCUT2D eigenvalue weighted by atomic mass is 35.5. The Kier molecular flexibility index (Phi) is 4.48. The van der Waals surface area contributed by atoms with Crippen LogP contribution in [0.4, 0.5) is 4.79 Å². The van der Waals surface area contributed by atoms with E-state index in [9.17, 15) is 4.79 Å². The minimum absolute atomic E-state index is 0.215. The van der Waals surface area contributed by atoms with Crippen LogP contribution in [0.2, 0.25) is 5.02 Å². The molecule has 0 aliphatic carbocycles. The van der Waals surface area contributed by atoms with E-state index < -0.39 is 0 Å². The second-order valence-corrected chi connectivity index (χ2v) is 7.89. The molecule has 6 heteroatoms. The molecule has 4 heterocycles. The minimum atomic E-state index is -0.353. The maximum atomic E-state index is 12.2. The first-order valence-corrected chi connectivity index (χ1v) is 9.43. The number of rotatable bonds is 3. The second kappa shape index (κ2) is 6.75. The van der Waals surface area contributed by atoms with Crippen LogP contribution in [0.3, 0.4) is 0 Å². The zero-order chi connectivity index (χ0) is 16.5. The molecule has 0 saturated carbocycles. The molecule has 1 amide bonds. The van der Waals surface area contributed by atoms with Crippen LogP contribution < -0.4 is 10.1 Å². The molecule has 3 aliphatic heterocycles. The molecule has 1 atom stereocenters. The predicted molar refractivity (Wildman–Crippen MR) is 96.9 cm³/mol. The zero-order valence-corrected chi connectivity index (χ0v) is 14.8. The molecule has 126 valence electrons. The van der Waals surface area contributed by atoms with E-state index in [2.05, 4.69) is 10.2 Å². The monoisotopic (exact) mass is 362 g/mol. The van der Waals surface area contributed by atoms with Gasteiger partial charge in [0.05, 0.1) is 0 Å². The van der Waals surface area contributed by atoms with Crippen LogP contribution in [0, 0.1) is 5.92 Å². The fraction of sp³-hybridized carbons (Fsp3) is 0.389. The fourth-order valence-corrected chi connectivity index (χ4v) is 4.61. The standard InChI is InChI=1S/C18H19ClN2O2S/c19-14-3-1-2-13(10-14)16-4-5-17(24-16)23-18(22)20-15-11-21-8-6-12(15)7-9-21/h1-5,10,12,15H,6-9,11H2,(H,20,22)/t15-/m0/s1. The highest BCUT2D eigenvalue weighted by molar-refractivity contribution is 7.17. The van der Waals surface area contributed by atoms with Gasteiger partial charge >= 0.3 is 6.09 Å². The Labute approximate surface area is 150 Å². The normalized spacial score (nSPS) is 25.5. The van der Waals surface area contributed by atoms with E-state index in [1.54, 1.807) is 0 Å². The van der Waals surface area contributed by atoms with E-state index in [1.165, 1.54) is 24.2 Å². The lowest BCUT2D eigenvalue weighted by molar-refractivity contribution is 0.0726. The van der Waals surface area contributed by atoms with Crippen LogP contribution >= 0.6 is 22.9 Å². The molecule has 4 nitrogen and oxygen atoms in total. The largest absolute Gasteiger partial charge is 0.413 e. The topological polar surface area (TPSA) is 41.6 Å². The quantitative estimate of drug-likeness (QED) is 0.887. The van der Waals surface area contributed by atoms with Gasteiger partial charge in [-0.25, -0.2) is 4.79 Å². The van der Waals surface area contributed by atoms with Crippen LogP contribution in [0.5, 0.6) is 5.06 Å². The van der Waals surface area contributed by atoms with Crippen molar-refractivity contribution in [2.45, 2.75) is 18.9 Å². The predicted octanol–water partition coefficient (Wildman–Crippen LogP) is 4.25. The van der Waals surface area contributed by atoms with E-state index in [0.717, 1.165) is 30.1 Å². The molecule has 0 spiro atoms. The van der Waals surface area contributed by atoms with Crippen LogP contribution in [-0.2, 0) is 0 Å². The van der Waals surface area contributed by atoms with Crippen molar-refractivity contribution < 1.29 is 9.53 Å². The van der Waals surface area contributed by atoms with Gasteiger partial charge in [0.15, 0.2) is 5.06 Å². The van der Waals surface area contributed by atoms with Crippen molar-refractivity contribution in [3.8, 4) is 15.5 Å². The smallest absolute Gasteiger partial charge is 0.399 e. The Morgan fingerprint density at radius 3 is 2.79 bits per heavy atom. The lowest BCUT2D eigenvalue weighted by Crippen LogP contribution is -2.57. The Bertz CT molecular complexity index is 740. The van der Waals surface area contributed by atoms with Gasteiger partial charge in [-0.1, -0.05) is 35.1 Å². The third-order valence-corrected chi connectivity index (χ3v) is 6.09. The number of nitrogens with one attached hydrogen (secondary N) is 1. The summed E-state index contributed by atoms with van der Waals surface area (Å²) in [4.78, 5) is 15.6. The van der Waals surface area contributed by atoms with Crippen LogP contribution in [0.15, 0.2) is 36.4 Å². The van der Waals surface area contributed by atoms with Gasteiger partial charge < -0.3 is 15.0 Å². The molecule has 0 unspecified atom stereocenters. The molecule has 3 saturated heterocycles. The van der Waals surface area contributed by atoms with Gasteiger partial charge in [-0.05, 0) is 61.7 Å². The van der Waals surface area contributed by atoms with Crippen LogP contribution in [-0.4, -0.2) is 36.7 Å². The van der Waals surface area contributed by atoms with Gasteiger partial charge in [0.2, 0.25) is 0 Å². The van der Waals surface area contributed by atoms with Crippen molar-refractivity contribution in [2.75, 3.05) is 19.6 Å². The molecule has 3 aliphatic rings. The highest BCUT2D eigenvalue weighted by Gasteiger charge is 2.35. The summed E-state index contributed by atoms with van der Waals surface area (Å²) in [5.41, 5.74) is 1.03. The molecule has 5 rings (SSSR count). The number of ether oxygens (including phenoxy) is 1.